The molecule has 1 aliphatic rings. The van der Waals surface area contributed by atoms with Crippen molar-refractivity contribution in [2.75, 3.05) is 11.9 Å². The van der Waals surface area contributed by atoms with E-state index >= 15 is 0 Å². The van der Waals surface area contributed by atoms with Gasteiger partial charge in [0.2, 0.25) is 0 Å². The van der Waals surface area contributed by atoms with Crippen molar-refractivity contribution in [1.29, 1.82) is 0 Å². The summed E-state index contributed by atoms with van der Waals surface area (Å²) in [7, 11) is 0. The summed E-state index contributed by atoms with van der Waals surface area (Å²) in [6.07, 6.45) is 4.57. The van der Waals surface area contributed by atoms with E-state index in [9.17, 15) is 13.2 Å². The Morgan fingerprint density at radius 3 is 2.44 bits per heavy atom. The molecule has 0 bridgehead atoms. The first-order chi connectivity index (χ1) is 8.56. The van der Waals surface area contributed by atoms with Gasteiger partial charge in [-0.25, -0.2) is 13.2 Å². The minimum atomic E-state index is -0.887. The van der Waals surface area contributed by atoms with Crippen LogP contribution < -0.4 is 5.32 Å². The molecule has 4 heteroatoms. The van der Waals surface area contributed by atoms with Crippen molar-refractivity contribution in [3.63, 3.8) is 0 Å². The second-order valence-electron chi connectivity index (χ2n) is 5.26. The molecule has 2 atom stereocenters. The smallest absolute Gasteiger partial charge is 0.152 e. The molecule has 2 unspecified atom stereocenters. The molecule has 1 aliphatic carbocycles. The SMILES string of the molecule is CC1CCCC(CNc2c(F)cc(F)cc2F)C1. The number of nitrogens with one attached hydrogen (secondary N) is 1. The van der Waals surface area contributed by atoms with Crippen molar-refractivity contribution in [3.05, 3.63) is 29.6 Å². The van der Waals surface area contributed by atoms with Crippen molar-refractivity contribution in [2.24, 2.45) is 11.8 Å². The van der Waals surface area contributed by atoms with Gasteiger partial charge < -0.3 is 5.32 Å². The fraction of sp³-hybridized carbons (Fsp3) is 0.571. The Morgan fingerprint density at radius 1 is 1.17 bits per heavy atom. The van der Waals surface area contributed by atoms with E-state index in [1.807, 2.05) is 0 Å². The molecular weight excluding hydrogens is 239 g/mol. The van der Waals surface area contributed by atoms with Gasteiger partial charge in [0.25, 0.3) is 0 Å². The van der Waals surface area contributed by atoms with Crippen LogP contribution in [-0.2, 0) is 0 Å². The molecule has 18 heavy (non-hydrogen) atoms. The number of hydrogen-bond donors (Lipinski definition) is 1. The highest BCUT2D eigenvalue weighted by Gasteiger charge is 2.20. The van der Waals surface area contributed by atoms with Crippen LogP contribution in [0.1, 0.15) is 32.6 Å². The maximum atomic E-state index is 13.4. The fourth-order valence-corrected chi connectivity index (χ4v) is 2.70. The van der Waals surface area contributed by atoms with E-state index in [0.717, 1.165) is 12.8 Å². The van der Waals surface area contributed by atoms with Crippen LogP contribution in [0.5, 0.6) is 0 Å². The number of halogens is 3. The predicted molar refractivity (Wildman–Crippen MR) is 65.9 cm³/mol. The standard InChI is InChI=1S/C14H18F3N/c1-9-3-2-4-10(5-9)8-18-14-12(16)6-11(15)7-13(14)17/h6-7,9-10,18H,2-5,8H2,1H3. The normalized spacial score (nSPS) is 24.0. The molecular formula is C14H18F3N. The number of benzene rings is 1. The highest BCUT2D eigenvalue weighted by atomic mass is 19.1. The Bertz CT molecular complexity index is 396. The second-order valence-corrected chi connectivity index (χ2v) is 5.26. The van der Waals surface area contributed by atoms with Crippen molar-refractivity contribution in [2.45, 2.75) is 32.6 Å². The van der Waals surface area contributed by atoms with E-state index in [-0.39, 0.29) is 5.69 Å². The van der Waals surface area contributed by atoms with Crippen molar-refractivity contribution in [3.8, 4) is 0 Å². The summed E-state index contributed by atoms with van der Waals surface area (Å²) < 4.78 is 39.5. The molecule has 100 valence electrons. The Morgan fingerprint density at radius 2 is 1.83 bits per heavy atom. The van der Waals surface area contributed by atoms with Crippen LogP contribution in [0, 0.1) is 29.3 Å². The van der Waals surface area contributed by atoms with Gasteiger partial charge in [0.15, 0.2) is 11.6 Å². The average Bonchev–Trinajstić information content (AvgIpc) is 2.27. The number of anilines is 1. The van der Waals surface area contributed by atoms with Gasteiger partial charge in [-0.2, -0.15) is 0 Å². The predicted octanol–water partition coefficient (Wildman–Crippen LogP) is 4.34. The lowest BCUT2D eigenvalue weighted by molar-refractivity contribution is 0.293. The van der Waals surface area contributed by atoms with E-state index in [1.54, 1.807) is 0 Å². The zero-order chi connectivity index (χ0) is 13.1. The van der Waals surface area contributed by atoms with Gasteiger partial charge in [-0.1, -0.05) is 19.8 Å². The first-order valence-electron chi connectivity index (χ1n) is 6.44. The molecule has 1 aromatic rings. The Labute approximate surface area is 105 Å². The summed E-state index contributed by atoms with van der Waals surface area (Å²) in [6.45, 7) is 2.75. The van der Waals surface area contributed by atoms with Gasteiger partial charge in [0.05, 0.1) is 0 Å². The summed E-state index contributed by atoms with van der Waals surface area (Å²) >= 11 is 0. The largest absolute Gasteiger partial charge is 0.380 e. The molecule has 0 aromatic heterocycles. The molecule has 2 rings (SSSR count). The lowest BCUT2D eigenvalue weighted by atomic mass is 9.82. The molecule has 0 saturated heterocycles. The first-order valence-corrected chi connectivity index (χ1v) is 6.44. The third kappa shape index (κ3) is 3.18. The minimum absolute atomic E-state index is 0.213. The minimum Gasteiger partial charge on any atom is -0.380 e. The van der Waals surface area contributed by atoms with Gasteiger partial charge in [0, 0.05) is 18.7 Å². The van der Waals surface area contributed by atoms with Gasteiger partial charge in [0.1, 0.15) is 11.5 Å². The summed E-state index contributed by atoms with van der Waals surface area (Å²) in [6, 6.07) is 1.41. The van der Waals surface area contributed by atoms with Gasteiger partial charge in [-0.05, 0) is 24.7 Å². The van der Waals surface area contributed by atoms with Crippen molar-refractivity contribution in [1.82, 2.24) is 0 Å². The molecule has 0 aliphatic heterocycles. The van der Waals surface area contributed by atoms with Crippen LogP contribution in [0.15, 0.2) is 12.1 Å². The second kappa shape index (κ2) is 5.63. The molecule has 1 aromatic carbocycles. The summed E-state index contributed by atoms with van der Waals surface area (Å²) in [5, 5.41) is 2.78. The molecule has 0 amide bonds. The third-order valence-electron chi connectivity index (χ3n) is 3.62. The topological polar surface area (TPSA) is 12.0 Å². The highest BCUT2D eigenvalue weighted by Crippen LogP contribution is 2.29. The zero-order valence-corrected chi connectivity index (χ0v) is 10.5. The summed E-state index contributed by atoms with van der Waals surface area (Å²) in [5.74, 6) is -1.50. The first kappa shape index (κ1) is 13.2. The lowest BCUT2D eigenvalue weighted by Crippen LogP contribution is -2.21. The number of hydrogen-bond acceptors (Lipinski definition) is 1. The molecule has 1 saturated carbocycles. The van der Waals surface area contributed by atoms with Crippen LogP contribution in [0.2, 0.25) is 0 Å². The molecule has 0 radical (unpaired) electrons. The van der Waals surface area contributed by atoms with E-state index in [2.05, 4.69) is 12.2 Å². The molecule has 0 heterocycles. The third-order valence-corrected chi connectivity index (χ3v) is 3.62. The van der Waals surface area contributed by atoms with Crippen LogP contribution >= 0.6 is 0 Å². The Hall–Kier alpha value is -1.19. The molecule has 1 fully saturated rings. The van der Waals surface area contributed by atoms with E-state index in [0.29, 0.717) is 30.5 Å². The van der Waals surface area contributed by atoms with Gasteiger partial charge in [-0.15, -0.1) is 0 Å². The van der Waals surface area contributed by atoms with Crippen LogP contribution in [0.3, 0.4) is 0 Å². The van der Waals surface area contributed by atoms with Crippen molar-refractivity contribution >= 4 is 5.69 Å². The Balaban J connectivity index is 1.97. The van der Waals surface area contributed by atoms with Crippen molar-refractivity contribution < 1.29 is 13.2 Å². The van der Waals surface area contributed by atoms with Crippen LogP contribution in [0.25, 0.3) is 0 Å². The van der Waals surface area contributed by atoms with Gasteiger partial charge in [-0.3, -0.25) is 0 Å². The zero-order valence-electron chi connectivity index (χ0n) is 10.5. The molecule has 1 N–H and O–H groups in total. The fourth-order valence-electron chi connectivity index (χ4n) is 2.70. The van der Waals surface area contributed by atoms with Gasteiger partial charge >= 0.3 is 0 Å². The van der Waals surface area contributed by atoms with Crippen LogP contribution in [0.4, 0.5) is 18.9 Å². The summed E-state index contributed by atoms with van der Waals surface area (Å²) in [4.78, 5) is 0. The maximum absolute atomic E-state index is 13.4. The molecule has 0 spiro atoms. The Kier molecular flexibility index (Phi) is 4.15. The quantitative estimate of drug-likeness (QED) is 0.849. The van der Waals surface area contributed by atoms with E-state index in [1.165, 1.54) is 12.8 Å². The monoisotopic (exact) mass is 257 g/mol. The maximum Gasteiger partial charge on any atom is 0.152 e. The summed E-state index contributed by atoms with van der Waals surface area (Å²) in [5.41, 5.74) is -0.213. The average molecular weight is 257 g/mol. The van der Waals surface area contributed by atoms with Crippen LogP contribution in [-0.4, -0.2) is 6.54 Å². The highest BCUT2D eigenvalue weighted by molar-refractivity contribution is 5.46. The van der Waals surface area contributed by atoms with E-state index in [4.69, 9.17) is 0 Å². The molecule has 1 nitrogen and oxygen atoms in total. The van der Waals surface area contributed by atoms with E-state index < -0.39 is 17.5 Å². The lowest BCUT2D eigenvalue weighted by Gasteiger charge is -2.27. The number of rotatable bonds is 3.